The Hall–Kier alpha value is -1.89. The van der Waals surface area contributed by atoms with E-state index in [9.17, 15) is 4.79 Å². The van der Waals surface area contributed by atoms with Crippen LogP contribution in [0.4, 0.5) is 5.69 Å². The molecule has 0 saturated carbocycles. The van der Waals surface area contributed by atoms with Gasteiger partial charge < -0.3 is 14.5 Å². The van der Waals surface area contributed by atoms with Gasteiger partial charge in [-0.25, -0.2) is 4.79 Å². The molecule has 0 amide bonds. The summed E-state index contributed by atoms with van der Waals surface area (Å²) in [5.74, 6) is -0.203. The summed E-state index contributed by atoms with van der Waals surface area (Å²) < 4.78 is 12.0. The van der Waals surface area contributed by atoms with Crippen LogP contribution in [-0.4, -0.2) is 52.0 Å². The number of ether oxygens (including phenoxy) is 1. The summed E-state index contributed by atoms with van der Waals surface area (Å²) >= 11 is 0. The van der Waals surface area contributed by atoms with Crippen molar-refractivity contribution < 1.29 is 14.0 Å². The monoisotopic (exact) mass is 466 g/mol. The number of fused-ring (bicyclic) bond motifs is 1. The van der Waals surface area contributed by atoms with Gasteiger partial charge in [-0.15, -0.1) is 0 Å². The molecule has 1 aliphatic carbocycles. The van der Waals surface area contributed by atoms with Crippen molar-refractivity contribution >= 4 is 20.0 Å². The molecule has 0 bridgehead atoms. The second kappa shape index (κ2) is 7.55. The van der Waals surface area contributed by atoms with Crippen LogP contribution < -0.4 is 5.32 Å². The summed E-state index contributed by atoms with van der Waals surface area (Å²) in [6, 6.07) is 8.93. The zero-order chi connectivity index (χ0) is 23.6. The first-order valence-corrected chi connectivity index (χ1v) is 15.2. The lowest BCUT2D eigenvalue weighted by Crippen LogP contribution is -2.59. The Kier molecular flexibility index (Phi) is 5.24. The van der Waals surface area contributed by atoms with Crippen LogP contribution in [0.1, 0.15) is 45.6 Å². The molecule has 1 N–H and O–H groups in total. The van der Waals surface area contributed by atoms with Crippen LogP contribution >= 0.6 is 0 Å². The van der Waals surface area contributed by atoms with Crippen LogP contribution in [0.15, 0.2) is 47.7 Å². The topological polar surface area (TPSA) is 50.8 Å². The summed E-state index contributed by atoms with van der Waals surface area (Å²) in [7, 11) is -0.351. The van der Waals surface area contributed by atoms with Crippen LogP contribution in [0.2, 0.25) is 18.1 Å². The van der Waals surface area contributed by atoms with Gasteiger partial charge >= 0.3 is 5.97 Å². The lowest BCUT2D eigenvalue weighted by Gasteiger charge is -2.54. The minimum atomic E-state index is -1.85. The van der Waals surface area contributed by atoms with Crippen molar-refractivity contribution in [2.45, 2.75) is 69.6 Å². The van der Waals surface area contributed by atoms with Crippen molar-refractivity contribution in [3.63, 3.8) is 0 Å². The van der Waals surface area contributed by atoms with Crippen molar-refractivity contribution in [1.82, 2.24) is 4.90 Å². The summed E-state index contributed by atoms with van der Waals surface area (Å²) in [5.41, 5.74) is 4.02. The highest BCUT2D eigenvalue weighted by molar-refractivity contribution is 6.74. The molecule has 1 aromatic carbocycles. The second-order valence-electron chi connectivity index (χ2n) is 11.8. The normalized spacial score (nSPS) is 30.5. The number of carbonyl (C=O) groups is 1. The molecule has 0 radical (unpaired) electrons. The van der Waals surface area contributed by atoms with Crippen LogP contribution in [0.3, 0.4) is 0 Å². The number of anilines is 1. The summed E-state index contributed by atoms with van der Waals surface area (Å²) in [4.78, 5) is 15.8. The summed E-state index contributed by atoms with van der Waals surface area (Å²) in [6.07, 6.45) is 7.35. The first-order valence-electron chi connectivity index (χ1n) is 12.3. The average Bonchev–Trinajstić information content (AvgIpc) is 3.32. The SMILES string of the molecule is COC(=O)C1=C2Nc3ccccc3[C@@]23CCN2CC=C[C@@](CCO[Si](C)(C)C(C)(C)C)(C1)[C@H]23. The number of nitrogens with one attached hydrogen (secondary N) is 1. The largest absolute Gasteiger partial charge is 0.466 e. The molecule has 3 atom stereocenters. The fraction of sp³-hybridized carbons (Fsp3) is 0.593. The number of rotatable bonds is 5. The zero-order valence-corrected chi connectivity index (χ0v) is 22.0. The van der Waals surface area contributed by atoms with Crippen LogP contribution in [0.5, 0.6) is 0 Å². The Bertz CT molecular complexity index is 1040. The van der Waals surface area contributed by atoms with Gasteiger partial charge in [0.15, 0.2) is 8.32 Å². The third kappa shape index (κ3) is 3.21. The molecule has 1 saturated heterocycles. The maximum atomic E-state index is 13.1. The molecule has 178 valence electrons. The van der Waals surface area contributed by atoms with E-state index in [0.29, 0.717) is 12.5 Å². The van der Waals surface area contributed by atoms with E-state index >= 15 is 0 Å². The molecule has 0 aromatic heterocycles. The maximum Gasteiger partial charge on any atom is 0.335 e. The molecule has 4 aliphatic rings. The molecule has 1 fully saturated rings. The lowest BCUT2D eigenvalue weighted by atomic mass is 9.55. The number of carbonyl (C=O) groups excluding carboxylic acids is 1. The fourth-order valence-corrected chi connectivity index (χ4v) is 7.65. The third-order valence-corrected chi connectivity index (χ3v) is 13.7. The number of benzene rings is 1. The third-order valence-electron chi connectivity index (χ3n) is 9.15. The molecule has 5 rings (SSSR count). The second-order valence-corrected chi connectivity index (χ2v) is 16.6. The molecule has 3 aliphatic heterocycles. The Morgan fingerprint density at radius 3 is 2.76 bits per heavy atom. The fourth-order valence-electron chi connectivity index (χ4n) is 6.60. The van der Waals surface area contributed by atoms with Crippen molar-refractivity contribution in [2.24, 2.45) is 5.41 Å². The van der Waals surface area contributed by atoms with Crippen LogP contribution in [0, 0.1) is 5.41 Å². The van der Waals surface area contributed by atoms with Gasteiger partial charge in [-0.2, -0.15) is 0 Å². The van der Waals surface area contributed by atoms with E-state index in [-0.39, 0.29) is 21.8 Å². The molecule has 0 unspecified atom stereocenters. The number of esters is 1. The summed E-state index contributed by atoms with van der Waals surface area (Å²) in [6.45, 7) is 14.2. The van der Waals surface area contributed by atoms with Gasteiger partial charge in [0.2, 0.25) is 0 Å². The van der Waals surface area contributed by atoms with Gasteiger partial charge in [0.05, 0.1) is 18.1 Å². The number of nitrogens with zero attached hydrogens (tertiary/aromatic N) is 1. The molecule has 3 heterocycles. The van der Waals surface area contributed by atoms with E-state index in [2.05, 4.69) is 80.5 Å². The van der Waals surface area contributed by atoms with Crippen LogP contribution in [-0.2, 0) is 19.4 Å². The average molecular weight is 467 g/mol. The van der Waals surface area contributed by atoms with E-state index in [1.165, 1.54) is 12.7 Å². The molecule has 1 aromatic rings. The highest BCUT2D eigenvalue weighted by atomic mass is 28.4. The van der Waals surface area contributed by atoms with Gasteiger partial charge in [0.25, 0.3) is 0 Å². The predicted octanol–water partition coefficient (Wildman–Crippen LogP) is 5.22. The standard InChI is InChI=1S/C27H38N2O3Si/c1-25(2,3)33(5,6)32-17-14-26-12-9-15-29-16-13-27(24(26)29)20-10-7-8-11-21(20)28-22(27)19(18-26)23(30)31-4/h7-12,24,28H,13-18H2,1-6H3/t24-,26+,27-/m0/s1. The molecule has 1 spiro atoms. The summed E-state index contributed by atoms with van der Waals surface area (Å²) in [5, 5.41) is 3.85. The van der Waals surface area contributed by atoms with Crippen molar-refractivity contribution in [1.29, 1.82) is 0 Å². The maximum absolute atomic E-state index is 13.1. The Morgan fingerprint density at radius 1 is 1.27 bits per heavy atom. The number of methoxy groups -OCH3 is 1. The van der Waals surface area contributed by atoms with Crippen molar-refractivity contribution in [3.05, 3.63) is 53.3 Å². The molecule has 5 nitrogen and oxygen atoms in total. The Balaban J connectivity index is 1.59. The van der Waals surface area contributed by atoms with E-state index in [0.717, 1.165) is 49.5 Å². The quantitative estimate of drug-likeness (QED) is 0.366. The minimum Gasteiger partial charge on any atom is -0.466 e. The van der Waals surface area contributed by atoms with E-state index in [1.54, 1.807) is 0 Å². The van der Waals surface area contributed by atoms with Gasteiger partial charge in [0, 0.05) is 42.5 Å². The van der Waals surface area contributed by atoms with E-state index in [4.69, 9.17) is 9.16 Å². The van der Waals surface area contributed by atoms with E-state index < -0.39 is 8.32 Å². The minimum absolute atomic E-state index is 0.150. The highest BCUT2D eigenvalue weighted by Gasteiger charge is 2.65. The molecular weight excluding hydrogens is 428 g/mol. The van der Waals surface area contributed by atoms with Gasteiger partial charge in [-0.05, 0) is 49.0 Å². The van der Waals surface area contributed by atoms with Crippen molar-refractivity contribution in [3.8, 4) is 0 Å². The Morgan fingerprint density at radius 2 is 2.03 bits per heavy atom. The van der Waals surface area contributed by atoms with Gasteiger partial charge in [-0.1, -0.05) is 51.1 Å². The smallest absolute Gasteiger partial charge is 0.335 e. The highest BCUT2D eigenvalue weighted by Crippen LogP contribution is 2.64. The van der Waals surface area contributed by atoms with Crippen molar-refractivity contribution in [2.75, 3.05) is 32.1 Å². The number of para-hydroxylation sites is 1. The first-order chi connectivity index (χ1) is 15.6. The Labute approximate surface area is 199 Å². The predicted molar refractivity (Wildman–Crippen MR) is 135 cm³/mol. The van der Waals surface area contributed by atoms with Gasteiger partial charge in [0.1, 0.15) is 0 Å². The van der Waals surface area contributed by atoms with Gasteiger partial charge in [-0.3, -0.25) is 4.90 Å². The molecular formula is C27H38N2O3Si. The molecule has 33 heavy (non-hydrogen) atoms. The first kappa shape index (κ1) is 22.9. The number of hydrogen-bond acceptors (Lipinski definition) is 5. The van der Waals surface area contributed by atoms with E-state index in [1.807, 2.05) is 0 Å². The van der Waals surface area contributed by atoms with Crippen LogP contribution in [0.25, 0.3) is 0 Å². The zero-order valence-electron chi connectivity index (χ0n) is 21.0. The number of hydrogen-bond donors (Lipinski definition) is 1. The molecule has 6 heteroatoms. The lowest BCUT2D eigenvalue weighted by molar-refractivity contribution is -0.137.